The molecule has 0 aliphatic rings. The normalized spacial score (nSPS) is 10.3. The Bertz CT molecular complexity index is 605. The van der Waals surface area contributed by atoms with Crippen molar-refractivity contribution in [3.05, 3.63) is 41.6 Å². The number of aromatic nitrogens is 2. The van der Waals surface area contributed by atoms with E-state index in [1.807, 2.05) is 6.92 Å². The number of nitrogens with zero attached hydrogens (tertiary/aromatic N) is 2. The monoisotopic (exact) mass is 277 g/mol. The fourth-order valence-corrected chi connectivity index (χ4v) is 1.79. The van der Waals surface area contributed by atoms with Gasteiger partial charge in [-0.2, -0.15) is 0 Å². The van der Waals surface area contributed by atoms with E-state index in [1.54, 1.807) is 12.1 Å². The number of phenolic OH excluding ortho intramolecular Hbond substituents is 1. The Morgan fingerprint density at radius 3 is 2.85 bits per heavy atom. The molecule has 0 radical (unpaired) electrons. The van der Waals surface area contributed by atoms with Crippen LogP contribution in [0.15, 0.2) is 24.5 Å². The predicted octanol–water partition coefficient (Wildman–Crippen LogP) is 2.50. The smallest absolute Gasteiger partial charge is 0.186 e. The van der Waals surface area contributed by atoms with E-state index in [0.29, 0.717) is 24.4 Å². The van der Waals surface area contributed by atoms with Gasteiger partial charge in [0.15, 0.2) is 23.1 Å². The van der Waals surface area contributed by atoms with E-state index >= 15 is 0 Å². The number of aryl methyl sites for hydroxylation is 1. The number of halogens is 1. The van der Waals surface area contributed by atoms with E-state index < -0.39 is 5.82 Å². The van der Waals surface area contributed by atoms with Gasteiger partial charge in [0, 0.05) is 6.54 Å². The van der Waals surface area contributed by atoms with Crippen LogP contribution in [0.2, 0.25) is 0 Å². The summed E-state index contributed by atoms with van der Waals surface area (Å²) in [5.41, 5.74) is 1.22. The fraction of sp³-hybridized carbons (Fsp3) is 0.286. The summed E-state index contributed by atoms with van der Waals surface area (Å²) in [4.78, 5) is 7.76. The predicted molar refractivity (Wildman–Crippen MR) is 73.4 cm³/mol. The van der Waals surface area contributed by atoms with Crippen LogP contribution in [0.1, 0.15) is 18.2 Å². The van der Waals surface area contributed by atoms with E-state index in [4.69, 9.17) is 4.74 Å². The van der Waals surface area contributed by atoms with Crippen molar-refractivity contribution in [2.45, 2.75) is 19.9 Å². The Balaban J connectivity index is 2.13. The molecule has 106 valence electrons. The molecule has 0 unspecified atom stereocenters. The molecule has 1 aromatic heterocycles. The fourth-order valence-electron chi connectivity index (χ4n) is 1.79. The average molecular weight is 277 g/mol. The molecule has 2 aromatic rings. The van der Waals surface area contributed by atoms with Gasteiger partial charge in [0.25, 0.3) is 0 Å². The lowest BCUT2D eigenvalue weighted by Crippen LogP contribution is -2.07. The van der Waals surface area contributed by atoms with Crippen molar-refractivity contribution in [2.75, 3.05) is 12.4 Å². The summed E-state index contributed by atoms with van der Waals surface area (Å²) < 4.78 is 19.0. The van der Waals surface area contributed by atoms with Crippen LogP contribution in [0, 0.1) is 5.82 Å². The molecule has 0 spiro atoms. The number of aromatic hydroxyl groups is 1. The van der Waals surface area contributed by atoms with Crippen LogP contribution < -0.4 is 10.1 Å². The van der Waals surface area contributed by atoms with Crippen molar-refractivity contribution >= 4 is 5.82 Å². The third-order valence-corrected chi connectivity index (χ3v) is 2.90. The highest BCUT2D eigenvalue weighted by Crippen LogP contribution is 2.26. The maximum Gasteiger partial charge on any atom is 0.186 e. The number of ether oxygens (including phenoxy) is 1. The minimum Gasteiger partial charge on any atom is -0.504 e. The molecule has 0 amide bonds. The Kier molecular flexibility index (Phi) is 4.34. The van der Waals surface area contributed by atoms with Gasteiger partial charge in [0.2, 0.25) is 0 Å². The lowest BCUT2D eigenvalue weighted by molar-refractivity contribution is 0.373. The van der Waals surface area contributed by atoms with Crippen LogP contribution in [0.4, 0.5) is 10.2 Å². The lowest BCUT2D eigenvalue weighted by Gasteiger charge is -2.10. The zero-order valence-electron chi connectivity index (χ0n) is 11.4. The van der Waals surface area contributed by atoms with Crippen molar-refractivity contribution in [3.63, 3.8) is 0 Å². The average Bonchev–Trinajstić information content (AvgIpc) is 2.47. The SMILES string of the molecule is CCc1ncnc(NCc2ccc(O)c(OC)c2)c1F. The lowest BCUT2D eigenvalue weighted by atomic mass is 10.2. The molecule has 0 aliphatic carbocycles. The standard InChI is InChI=1S/C14H16FN3O2/c1-3-10-13(15)14(18-8-17-10)16-7-9-4-5-11(19)12(6-9)20-2/h4-6,8,19H,3,7H2,1-2H3,(H,16,17,18). The summed E-state index contributed by atoms with van der Waals surface area (Å²) in [5.74, 6) is 0.184. The van der Waals surface area contributed by atoms with Crippen LogP contribution in [-0.2, 0) is 13.0 Å². The molecule has 6 heteroatoms. The quantitative estimate of drug-likeness (QED) is 0.879. The summed E-state index contributed by atoms with van der Waals surface area (Å²) in [6.45, 7) is 2.20. The van der Waals surface area contributed by atoms with Crippen LogP contribution in [0.3, 0.4) is 0 Å². The Morgan fingerprint density at radius 1 is 1.35 bits per heavy atom. The van der Waals surface area contributed by atoms with E-state index in [2.05, 4.69) is 15.3 Å². The second kappa shape index (κ2) is 6.18. The number of phenols is 1. The van der Waals surface area contributed by atoms with Gasteiger partial charge in [-0.3, -0.25) is 0 Å². The first-order valence-corrected chi connectivity index (χ1v) is 6.24. The molecule has 2 N–H and O–H groups in total. The van der Waals surface area contributed by atoms with Gasteiger partial charge in [0.05, 0.1) is 12.8 Å². The molecule has 5 nitrogen and oxygen atoms in total. The highest BCUT2D eigenvalue weighted by Gasteiger charge is 2.09. The number of benzene rings is 1. The van der Waals surface area contributed by atoms with Crippen molar-refractivity contribution in [2.24, 2.45) is 0 Å². The van der Waals surface area contributed by atoms with Crippen LogP contribution in [0.5, 0.6) is 11.5 Å². The zero-order chi connectivity index (χ0) is 14.5. The van der Waals surface area contributed by atoms with E-state index in [1.165, 1.54) is 19.5 Å². The van der Waals surface area contributed by atoms with Gasteiger partial charge in [0.1, 0.15) is 6.33 Å². The molecule has 0 saturated heterocycles. The van der Waals surface area contributed by atoms with Crippen molar-refractivity contribution in [3.8, 4) is 11.5 Å². The molecule has 20 heavy (non-hydrogen) atoms. The molecule has 0 bridgehead atoms. The van der Waals surface area contributed by atoms with E-state index in [0.717, 1.165) is 5.56 Å². The number of methoxy groups -OCH3 is 1. The van der Waals surface area contributed by atoms with E-state index in [-0.39, 0.29) is 11.6 Å². The molecule has 1 aromatic carbocycles. The maximum atomic E-state index is 13.9. The molecule has 2 rings (SSSR count). The number of hydrogen-bond acceptors (Lipinski definition) is 5. The first-order chi connectivity index (χ1) is 9.65. The van der Waals surface area contributed by atoms with Crippen LogP contribution in [-0.4, -0.2) is 22.2 Å². The van der Waals surface area contributed by atoms with E-state index in [9.17, 15) is 9.50 Å². The third kappa shape index (κ3) is 2.96. The van der Waals surface area contributed by atoms with Gasteiger partial charge < -0.3 is 15.2 Å². The van der Waals surface area contributed by atoms with Crippen molar-refractivity contribution < 1.29 is 14.2 Å². The van der Waals surface area contributed by atoms with Crippen LogP contribution in [0.25, 0.3) is 0 Å². The second-order valence-electron chi connectivity index (χ2n) is 4.20. The molecule has 0 fully saturated rings. The molecular formula is C14H16FN3O2. The highest BCUT2D eigenvalue weighted by atomic mass is 19.1. The Hall–Kier alpha value is -2.37. The first kappa shape index (κ1) is 14.0. The summed E-state index contributed by atoms with van der Waals surface area (Å²) in [6, 6.07) is 4.94. The summed E-state index contributed by atoms with van der Waals surface area (Å²) in [5, 5.41) is 12.4. The molecule has 1 heterocycles. The number of hydrogen-bond donors (Lipinski definition) is 2. The Morgan fingerprint density at radius 2 is 2.15 bits per heavy atom. The van der Waals surface area contributed by atoms with Crippen molar-refractivity contribution in [1.29, 1.82) is 0 Å². The van der Waals surface area contributed by atoms with Gasteiger partial charge >= 0.3 is 0 Å². The summed E-state index contributed by atoms with van der Waals surface area (Å²) in [7, 11) is 1.48. The summed E-state index contributed by atoms with van der Waals surface area (Å²) in [6.07, 6.45) is 1.84. The van der Waals surface area contributed by atoms with Gasteiger partial charge in [-0.1, -0.05) is 13.0 Å². The van der Waals surface area contributed by atoms with Gasteiger partial charge in [-0.25, -0.2) is 14.4 Å². The molecule has 0 saturated carbocycles. The van der Waals surface area contributed by atoms with Gasteiger partial charge in [-0.15, -0.1) is 0 Å². The number of anilines is 1. The minimum absolute atomic E-state index is 0.0673. The second-order valence-corrected chi connectivity index (χ2v) is 4.20. The third-order valence-electron chi connectivity index (χ3n) is 2.90. The molecule has 0 aliphatic heterocycles. The highest BCUT2D eigenvalue weighted by molar-refractivity contribution is 5.44. The summed E-state index contributed by atoms with van der Waals surface area (Å²) >= 11 is 0. The van der Waals surface area contributed by atoms with Gasteiger partial charge in [-0.05, 0) is 24.1 Å². The minimum atomic E-state index is -0.430. The zero-order valence-corrected chi connectivity index (χ0v) is 11.4. The van der Waals surface area contributed by atoms with Crippen molar-refractivity contribution in [1.82, 2.24) is 9.97 Å². The molecule has 0 atom stereocenters. The molecular weight excluding hydrogens is 261 g/mol. The van der Waals surface area contributed by atoms with Crippen LogP contribution >= 0.6 is 0 Å². The number of rotatable bonds is 5. The maximum absolute atomic E-state index is 13.9. The Labute approximate surface area is 116 Å². The first-order valence-electron chi connectivity index (χ1n) is 6.24. The topological polar surface area (TPSA) is 67.3 Å². The largest absolute Gasteiger partial charge is 0.504 e. The number of nitrogens with one attached hydrogen (secondary N) is 1.